The molecule has 0 radical (unpaired) electrons. The zero-order valence-electron chi connectivity index (χ0n) is 14.8. The fourth-order valence-corrected chi connectivity index (χ4v) is 3.71. The number of hydrogen-bond acceptors (Lipinski definition) is 5. The largest absolute Gasteiger partial charge is 0.369 e. The average Bonchev–Trinajstić information content (AvgIpc) is 2.65. The number of rotatable bonds is 6. The van der Waals surface area contributed by atoms with E-state index >= 15 is 0 Å². The van der Waals surface area contributed by atoms with E-state index in [4.69, 9.17) is 5.73 Å². The fraction of sp³-hybridized carbons (Fsp3) is 0.579. The summed E-state index contributed by atoms with van der Waals surface area (Å²) >= 11 is 0. The van der Waals surface area contributed by atoms with E-state index in [0.29, 0.717) is 32.4 Å². The van der Waals surface area contributed by atoms with Gasteiger partial charge in [-0.1, -0.05) is 18.2 Å². The minimum absolute atomic E-state index is 0.000499. The Morgan fingerprint density at radius 2 is 1.60 bits per heavy atom. The van der Waals surface area contributed by atoms with Crippen molar-refractivity contribution in [3.63, 3.8) is 0 Å². The minimum atomic E-state index is -0.000499. The van der Waals surface area contributed by atoms with Crippen LogP contribution in [0.4, 0.5) is 5.69 Å². The number of carbonyl (C=O) groups is 2. The normalized spacial score (nSPS) is 19.6. The summed E-state index contributed by atoms with van der Waals surface area (Å²) in [6, 6.07) is 8.33. The summed E-state index contributed by atoms with van der Waals surface area (Å²) in [4.78, 5) is 29.9. The third-order valence-electron chi connectivity index (χ3n) is 5.16. The van der Waals surface area contributed by atoms with E-state index in [-0.39, 0.29) is 11.8 Å². The molecule has 2 fully saturated rings. The lowest BCUT2D eigenvalue weighted by atomic mass is 10.1. The molecule has 2 aliphatic heterocycles. The van der Waals surface area contributed by atoms with E-state index in [1.165, 1.54) is 16.2 Å². The van der Waals surface area contributed by atoms with Crippen LogP contribution in [-0.2, 0) is 16.1 Å². The molecule has 0 spiro atoms. The topological polar surface area (TPSA) is 69.9 Å². The first-order valence-electron chi connectivity index (χ1n) is 9.27. The predicted octanol–water partition coefficient (Wildman–Crippen LogP) is 1.20. The highest BCUT2D eigenvalue weighted by atomic mass is 16.2. The molecule has 0 unspecified atom stereocenters. The molecule has 0 aromatic heterocycles. The van der Waals surface area contributed by atoms with Crippen molar-refractivity contribution in [1.82, 2.24) is 9.80 Å². The van der Waals surface area contributed by atoms with Gasteiger partial charge in [0.15, 0.2) is 0 Å². The number of nitrogens with zero attached hydrogens (tertiary/aromatic N) is 3. The van der Waals surface area contributed by atoms with Crippen molar-refractivity contribution in [2.45, 2.75) is 32.2 Å². The Kier molecular flexibility index (Phi) is 6.04. The maximum atomic E-state index is 11.8. The molecule has 0 saturated carbocycles. The number of anilines is 1. The first-order chi connectivity index (χ1) is 12.2. The van der Waals surface area contributed by atoms with Gasteiger partial charge in [-0.2, -0.15) is 0 Å². The van der Waals surface area contributed by atoms with Crippen LogP contribution in [0.1, 0.15) is 31.2 Å². The molecule has 6 nitrogen and oxygen atoms in total. The third-order valence-corrected chi connectivity index (χ3v) is 5.16. The van der Waals surface area contributed by atoms with Gasteiger partial charge in [0.25, 0.3) is 0 Å². The number of para-hydroxylation sites is 1. The highest BCUT2D eigenvalue weighted by molar-refractivity contribution is 5.97. The summed E-state index contributed by atoms with van der Waals surface area (Å²) in [6.07, 6.45) is 2.60. The predicted molar refractivity (Wildman–Crippen MR) is 98.2 cm³/mol. The van der Waals surface area contributed by atoms with E-state index in [9.17, 15) is 9.59 Å². The maximum absolute atomic E-state index is 11.8. The van der Waals surface area contributed by atoms with Gasteiger partial charge in [0, 0.05) is 57.8 Å². The molecule has 2 saturated heterocycles. The van der Waals surface area contributed by atoms with Gasteiger partial charge < -0.3 is 10.6 Å². The molecule has 136 valence electrons. The van der Waals surface area contributed by atoms with Gasteiger partial charge in [0.1, 0.15) is 0 Å². The Morgan fingerprint density at radius 1 is 0.920 bits per heavy atom. The molecule has 0 atom stereocenters. The van der Waals surface area contributed by atoms with Crippen molar-refractivity contribution in [3.05, 3.63) is 29.8 Å². The average molecular weight is 344 g/mol. The van der Waals surface area contributed by atoms with Gasteiger partial charge in [0.2, 0.25) is 11.8 Å². The summed E-state index contributed by atoms with van der Waals surface area (Å²) in [5, 5.41) is 0. The molecule has 0 aliphatic carbocycles. The maximum Gasteiger partial charge on any atom is 0.229 e. The van der Waals surface area contributed by atoms with Gasteiger partial charge in [-0.25, -0.2) is 0 Å². The third kappa shape index (κ3) is 4.38. The monoisotopic (exact) mass is 344 g/mol. The molecule has 1 aromatic rings. The number of benzene rings is 1. The Morgan fingerprint density at radius 3 is 2.28 bits per heavy atom. The van der Waals surface area contributed by atoms with E-state index in [1.807, 2.05) is 6.07 Å². The Balaban J connectivity index is 1.43. The highest BCUT2D eigenvalue weighted by Gasteiger charge is 2.25. The Hall–Kier alpha value is -1.92. The van der Waals surface area contributed by atoms with Gasteiger partial charge in [-0.05, 0) is 31.0 Å². The summed E-state index contributed by atoms with van der Waals surface area (Å²) in [7, 11) is 0. The van der Waals surface area contributed by atoms with E-state index in [2.05, 4.69) is 28.0 Å². The zero-order valence-corrected chi connectivity index (χ0v) is 14.8. The summed E-state index contributed by atoms with van der Waals surface area (Å²) < 4.78 is 0. The fourth-order valence-electron chi connectivity index (χ4n) is 3.71. The van der Waals surface area contributed by atoms with E-state index in [1.54, 1.807) is 0 Å². The molecule has 6 heteroatoms. The van der Waals surface area contributed by atoms with Crippen LogP contribution in [0.3, 0.4) is 0 Å². The van der Waals surface area contributed by atoms with Crippen LogP contribution in [0, 0.1) is 0 Å². The second-order valence-electron chi connectivity index (χ2n) is 6.81. The van der Waals surface area contributed by atoms with Crippen LogP contribution in [0.25, 0.3) is 0 Å². The van der Waals surface area contributed by atoms with Crippen molar-refractivity contribution >= 4 is 17.5 Å². The molecule has 0 bridgehead atoms. The van der Waals surface area contributed by atoms with Crippen LogP contribution >= 0.6 is 0 Å². The summed E-state index contributed by atoms with van der Waals surface area (Å²) in [5.74, 6) is -0.000998. The number of nitrogens with two attached hydrogens (primary N) is 1. The van der Waals surface area contributed by atoms with Crippen molar-refractivity contribution in [1.29, 1.82) is 0 Å². The molecule has 2 amide bonds. The molecule has 1 aromatic carbocycles. The van der Waals surface area contributed by atoms with Crippen molar-refractivity contribution in [2.24, 2.45) is 5.73 Å². The van der Waals surface area contributed by atoms with Crippen molar-refractivity contribution < 1.29 is 9.59 Å². The molecule has 2 N–H and O–H groups in total. The van der Waals surface area contributed by atoms with Crippen LogP contribution in [0.2, 0.25) is 0 Å². The molecule has 3 rings (SSSR count). The number of amides is 2. The number of carbonyl (C=O) groups excluding carboxylic acids is 2. The highest BCUT2D eigenvalue weighted by Crippen LogP contribution is 2.21. The van der Waals surface area contributed by atoms with Gasteiger partial charge in [-0.15, -0.1) is 0 Å². The number of piperazine rings is 1. The number of piperidine rings is 1. The quantitative estimate of drug-likeness (QED) is 0.785. The second-order valence-corrected chi connectivity index (χ2v) is 6.81. The second kappa shape index (κ2) is 8.45. The summed E-state index contributed by atoms with van der Waals surface area (Å²) in [5.41, 5.74) is 8.28. The van der Waals surface area contributed by atoms with Crippen LogP contribution in [0.15, 0.2) is 24.3 Å². The first kappa shape index (κ1) is 17.9. The minimum Gasteiger partial charge on any atom is -0.369 e. The first-order valence-corrected chi connectivity index (χ1v) is 9.27. The van der Waals surface area contributed by atoms with Gasteiger partial charge in [-0.3, -0.25) is 19.4 Å². The Bertz CT molecular complexity index is 595. The van der Waals surface area contributed by atoms with E-state index in [0.717, 1.165) is 39.1 Å². The smallest absolute Gasteiger partial charge is 0.229 e. The standard InChI is InChI=1S/C19H28N4O2/c20-15-16-5-1-2-6-17(16)22-13-11-21(12-14-22)9-4-10-23-18(24)7-3-8-19(23)25/h1-2,5-6H,3-4,7-15,20H2. The van der Waals surface area contributed by atoms with Crippen LogP contribution in [0.5, 0.6) is 0 Å². The number of likely N-dealkylation sites (tertiary alicyclic amines) is 1. The Labute approximate surface area is 149 Å². The molecular formula is C19H28N4O2. The number of imide groups is 1. The zero-order chi connectivity index (χ0) is 17.6. The lowest BCUT2D eigenvalue weighted by Gasteiger charge is -2.37. The van der Waals surface area contributed by atoms with Crippen molar-refractivity contribution in [2.75, 3.05) is 44.2 Å². The number of hydrogen-bond donors (Lipinski definition) is 1. The van der Waals surface area contributed by atoms with Crippen LogP contribution in [-0.4, -0.2) is 60.9 Å². The van der Waals surface area contributed by atoms with Gasteiger partial charge in [0.05, 0.1) is 0 Å². The molecule has 2 heterocycles. The van der Waals surface area contributed by atoms with Gasteiger partial charge >= 0.3 is 0 Å². The molecule has 2 aliphatic rings. The lowest BCUT2D eigenvalue weighted by molar-refractivity contribution is -0.148. The lowest BCUT2D eigenvalue weighted by Crippen LogP contribution is -2.48. The van der Waals surface area contributed by atoms with Crippen molar-refractivity contribution in [3.8, 4) is 0 Å². The SMILES string of the molecule is NCc1ccccc1N1CCN(CCCN2C(=O)CCCC2=O)CC1. The van der Waals surface area contributed by atoms with Crippen LogP contribution < -0.4 is 10.6 Å². The van der Waals surface area contributed by atoms with E-state index < -0.39 is 0 Å². The summed E-state index contributed by atoms with van der Waals surface area (Å²) in [6.45, 7) is 6.03. The molecular weight excluding hydrogens is 316 g/mol. The molecule has 25 heavy (non-hydrogen) atoms.